The molecule has 0 fully saturated rings. The Kier molecular flexibility index (Phi) is 4.89. The summed E-state index contributed by atoms with van der Waals surface area (Å²) in [6, 6.07) is 6.41. The number of imide groups is 1. The minimum atomic E-state index is -0.490. The summed E-state index contributed by atoms with van der Waals surface area (Å²) in [4.78, 5) is 29.9. The number of aliphatic hydroxyl groups is 1. The largest absolute Gasteiger partial charge is 0.569 e. The van der Waals surface area contributed by atoms with Gasteiger partial charge in [-0.15, -0.1) is 5.01 Å². The van der Waals surface area contributed by atoms with Gasteiger partial charge in [0, 0.05) is 0 Å². The van der Waals surface area contributed by atoms with Crippen LogP contribution in [0.3, 0.4) is 0 Å². The minimum absolute atomic E-state index is 0.0971. The van der Waals surface area contributed by atoms with Crippen LogP contribution in [0, 0.1) is 5.21 Å². The standard InChI is InChI=1S/C13H16N4O5/c1-2-15(7-8-18)17(21)14-22-9-16-12(19)10-5-3-4-6-11(10)13(16)20/h3-6,18H,2,7-9H2,1H3/b17-14-. The lowest BCUT2D eigenvalue weighted by Gasteiger charge is -2.15. The van der Waals surface area contributed by atoms with Gasteiger partial charge in [0.2, 0.25) is 12.0 Å². The van der Waals surface area contributed by atoms with Gasteiger partial charge in [0.05, 0.1) is 35.8 Å². The van der Waals surface area contributed by atoms with Crippen LogP contribution in [0.5, 0.6) is 0 Å². The fourth-order valence-electron chi connectivity index (χ4n) is 2.02. The predicted molar refractivity (Wildman–Crippen MR) is 73.3 cm³/mol. The Morgan fingerprint density at radius 2 is 1.91 bits per heavy atom. The number of aliphatic hydroxyl groups excluding tert-OH is 1. The maximum Gasteiger partial charge on any atom is 0.264 e. The lowest BCUT2D eigenvalue weighted by atomic mass is 10.1. The summed E-state index contributed by atoms with van der Waals surface area (Å²) in [5.41, 5.74) is 0.594. The van der Waals surface area contributed by atoms with Crippen LogP contribution in [0.4, 0.5) is 0 Å². The number of hydrazine groups is 1. The minimum Gasteiger partial charge on any atom is -0.569 e. The van der Waals surface area contributed by atoms with Crippen molar-refractivity contribution < 1.29 is 24.5 Å². The highest BCUT2D eigenvalue weighted by Crippen LogP contribution is 2.22. The Hall–Kier alpha value is -2.68. The van der Waals surface area contributed by atoms with Crippen LogP contribution in [0.15, 0.2) is 29.5 Å². The van der Waals surface area contributed by atoms with Crippen molar-refractivity contribution in [3.63, 3.8) is 0 Å². The molecular weight excluding hydrogens is 292 g/mol. The molecule has 1 N–H and O–H groups in total. The lowest BCUT2D eigenvalue weighted by molar-refractivity contribution is -0.711. The number of benzene rings is 1. The highest BCUT2D eigenvalue weighted by molar-refractivity contribution is 6.21. The first-order chi connectivity index (χ1) is 10.6. The van der Waals surface area contributed by atoms with E-state index in [1.165, 1.54) is 5.01 Å². The highest BCUT2D eigenvalue weighted by Gasteiger charge is 2.35. The molecule has 0 bridgehead atoms. The third-order valence-electron chi connectivity index (χ3n) is 3.16. The number of amides is 2. The van der Waals surface area contributed by atoms with Gasteiger partial charge in [0.1, 0.15) is 0 Å². The van der Waals surface area contributed by atoms with Gasteiger partial charge in [0.15, 0.2) is 0 Å². The Morgan fingerprint density at radius 1 is 1.32 bits per heavy atom. The normalized spacial score (nSPS) is 14.3. The number of hydrogen-bond acceptors (Lipinski definition) is 6. The maximum absolute atomic E-state index is 12.0. The van der Waals surface area contributed by atoms with Crippen molar-refractivity contribution in [1.82, 2.24) is 9.91 Å². The van der Waals surface area contributed by atoms with Gasteiger partial charge in [-0.1, -0.05) is 12.1 Å². The molecule has 9 nitrogen and oxygen atoms in total. The smallest absolute Gasteiger partial charge is 0.264 e. The van der Waals surface area contributed by atoms with Gasteiger partial charge in [-0.05, 0) is 19.1 Å². The predicted octanol–water partition coefficient (Wildman–Crippen LogP) is 0.363. The molecule has 0 saturated heterocycles. The molecule has 0 saturated carbocycles. The molecule has 2 rings (SSSR count). The number of nitrogens with zero attached hydrogens (tertiary/aromatic N) is 4. The quantitative estimate of drug-likeness (QED) is 0.337. The van der Waals surface area contributed by atoms with Gasteiger partial charge in [0.25, 0.3) is 11.8 Å². The molecule has 0 aromatic heterocycles. The van der Waals surface area contributed by atoms with Crippen molar-refractivity contribution in [2.24, 2.45) is 5.28 Å². The zero-order valence-corrected chi connectivity index (χ0v) is 12.0. The second-order valence-electron chi connectivity index (χ2n) is 4.45. The van der Waals surface area contributed by atoms with E-state index < -0.39 is 18.5 Å². The van der Waals surface area contributed by atoms with E-state index in [1.807, 2.05) is 0 Å². The van der Waals surface area contributed by atoms with Gasteiger partial charge in [-0.2, -0.15) is 0 Å². The zero-order chi connectivity index (χ0) is 16.1. The second-order valence-corrected chi connectivity index (χ2v) is 4.45. The molecule has 1 aliphatic heterocycles. The molecule has 0 atom stereocenters. The third-order valence-corrected chi connectivity index (χ3v) is 3.16. The molecule has 9 heteroatoms. The van der Waals surface area contributed by atoms with E-state index in [9.17, 15) is 14.8 Å². The molecule has 22 heavy (non-hydrogen) atoms. The van der Waals surface area contributed by atoms with E-state index in [-0.39, 0.29) is 18.1 Å². The number of likely N-dealkylation sites (N-methyl/N-ethyl adjacent to an activating group) is 1. The Balaban J connectivity index is 1.99. The van der Waals surface area contributed by atoms with Crippen LogP contribution in [0.25, 0.3) is 0 Å². The van der Waals surface area contributed by atoms with E-state index in [2.05, 4.69) is 5.28 Å². The van der Waals surface area contributed by atoms with Crippen LogP contribution in [0.2, 0.25) is 0 Å². The molecule has 1 aliphatic rings. The summed E-state index contributed by atoms with van der Waals surface area (Å²) in [5, 5.41) is 24.8. The van der Waals surface area contributed by atoms with Crippen molar-refractivity contribution in [2.45, 2.75) is 6.92 Å². The zero-order valence-electron chi connectivity index (χ0n) is 12.0. The van der Waals surface area contributed by atoms with E-state index >= 15 is 0 Å². The molecule has 0 spiro atoms. The third kappa shape index (κ3) is 2.98. The first kappa shape index (κ1) is 15.7. The van der Waals surface area contributed by atoms with Crippen LogP contribution in [0.1, 0.15) is 27.6 Å². The van der Waals surface area contributed by atoms with Gasteiger partial charge in [-0.3, -0.25) is 9.59 Å². The summed E-state index contributed by atoms with van der Waals surface area (Å²) >= 11 is 0. The molecular formula is C13H16N4O5. The van der Waals surface area contributed by atoms with Crippen molar-refractivity contribution in [3.05, 3.63) is 40.6 Å². The first-order valence-corrected chi connectivity index (χ1v) is 6.71. The van der Waals surface area contributed by atoms with Crippen LogP contribution in [-0.2, 0) is 4.84 Å². The number of carbonyl (C=O) groups is 2. The summed E-state index contributed by atoms with van der Waals surface area (Å²) in [6.45, 7) is 1.46. The molecule has 0 radical (unpaired) electrons. The summed E-state index contributed by atoms with van der Waals surface area (Å²) in [6.07, 6.45) is 0. The van der Waals surface area contributed by atoms with E-state index in [0.717, 1.165) is 4.90 Å². The first-order valence-electron chi connectivity index (χ1n) is 6.71. The maximum atomic E-state index is 12.0. The monoisotopic (exact) mass is 308 g/mol. The average molecular weight is 308 g/mol. The van der Waals surface area contributed by atoms with Crippen LogP contribution < -0.4 is 0 Å². The number of carbonyl (C=O) groups excluding carboxylic acids is 2. The summed E-state index contributed by atoms with van der Waals surface area (Å²) in [5.74, 6) is -0.980. The molecule has 1 aromatic carbocycles. The topological polar surface area (TPSA) is 109 Å². The fraction of sp³-hybridized carbons (Fsp3) is 0.385. The summed E-state index contributed by atoms with van der Waals surface area (Å²) in [7, 11) is 0. The van der Waals surface area contributed by atoms with Crippen molar-refractivity contribution >= 4 is 11.8 Å². The lowest BCUT2D eigenvalue weighted by Crippen LogP contribution is -2.34. The van der Waals surface area contributed by atoms with Crippen molar-refractivity contribution in [1.29, 1.82) is 0 Å². The number of fused-ring (bicyclic) bond motifs is 1. The number of rotatable bonds is 7. The highest BCUT2D eigenvalue weighted by atomic mass is 16.7. The summed E-state index contributed by atoms with van der Waals surface area (Å²) < 4.78 is 0. The van der Waals surface area contributed by atoms with Crippen LogP contribution in [-0.4, -0.2) is 58.2 Å². The van der Waals surface area contributed by atoms with E-state index in [1.54, 1.807) is 31.2 Å². The van der Waals surface area contributed by atoms with Crippen molar-refractivity contribution in [3.8, 4) is 0 Å². The van der Waals surface area contributed by atoms with Crippen LogP contribution >= 0.6 is 0 Å². The molecule has 1 heterocycles. The average Bonchev–Trinajstić information content (AvgIpc) is 2.77. The Bertz CT molecular complexity index is 569. The van der Waals surface area contributed by atoms with E-state index in [4.69, 9.17) is 9.94 Å². The molecule has 118 valence electrons. The fourth-order valence-corrected chi connectivity index (χ4v) is 2.02. The molecule has 1 aromatic rings. The van der Waals surface area contributed by atoms with Gasteiger partial charge < -0.3 is 15.2 Å². The Labute approximate surface area is 126 Å². The molecule has 0 unspecified atom stereocenters. The number of hydrogen-bond donors (Lipinski definition) is 1. The SMILES string of the molecule is CCN(CCO)/[N+]([O-])=N/OCN1C(=O)c2ccccc2C1=O. The molecule has 0 aliphatic carbocycles. The van der Waals surface area contributed by atoms with E-state index in [0.29, 0.717) is 17.7 Å². The molecule has 2 amide bonds. The van der Waals surface area contributed by atoms with Gasteiger partial charge in [-0.25, -0.2) is 4.90 Å². The van der Waals surface area contributed by atoms with Gasteiger partial charge >= 0.3 is 0 Å². The van der Waals surface area contributed by atoms with Crippen molar-refractivity contribution in [2.75, 3.05) is 26.4 Å². The Morgan fingerprint density at radius 3 is 2.41 bits per heavy atom. The second kappa shape index (κ2) is 6.85.